The number of aliphatic hydroxyl groups is 1. The molecule has 0 saturated heterocycles. The van der Waals surface area contributed by atoms with Crippen LogP contribution in [-0.4, -0.2) is 35.7 Å². The quantitative estimate of drug-likeness (QED) is 0.712. The molecule has 80 valence electrons. The molecule has 0 fully saturated rings. The summed E-state index contributed by atoms with van der Waals surface area (Å²) in [5.74, 6) is 0.368. The van der Waals surface area contributed by atoms with Crippen molar-refractivity contribution in [2.75, 3.05) is 14.1 Å². The highest BCUT2D eigenvalue weighted by Gasteiger charge is 2.35. The Bertz CT molecular complexity index is 147. The molecule has 0 heterocycles. The minimum absolute atomic E-state index is 0.0879. The molecule has 0 saturated carbocycles. The summed E-state index contributed by atoms with van der Waals surface area (Å²) in [6.07, 6.45) is 1.77. The monoisotopic (exact) mass is 187 g/mol. The summed E-state index contributed by atoms with van der Waals surface area (Å²) in [5, 5.41) is 10.2. The molecule has 0 aromatic carbocycles. The molecule has 2 nitrogen and oxygen atoms in total. The van der Waals surface area contributed by atoms with Gasteiger partial charge in [-0.25, -0.2) is 0 Å². The van der Waals surface area contributed by atoms with Crippen LogP contribution in [0.15, 0.2) is 0 Å². The van der Waals surface area contributed by atoms with E-state index in [2.05, 4.69) is 32.6 Å². The molecule has 0 radical (unpaired) electrons. The number of nitrogens with zero attached hydrogens (tertiary/aromatic N) is 1. The maximum atomic E-state index is 10.2. The largest absolute Gasteiger partial charge is 0.391 e. The number of rotatable bonds is 5. The molecule has 2 heteroatoms. The number of aliphatic hydroxyl groups excluding tert-OH is 1. The van der Waals surface area contributed by atoms with Crippen molar-refractivity contribution >= 4 is 0 Å². The summed E-state index contributed by atoms with van der Waals surface area (Å²) >= 11 is 0. The van der Waals surface area contributed by atoms with Crippen molar-refractivity contribution in [3.05, 3.63) is 0 Å². The van der Waals surface area contributed by atoms with E-state index >= 15 is 0 Å². The van der Waals surface area contributed by atoms with Crippen LogP contribution in [0.1, 0.15) is 40.5 Å². The maximum Gasteiger partial charge on any atom is 0.0746 e. The minimum atomic E-state index is -0.238. The summed E-state index contributed by atoms with van der Waals surface area (Å²) in [6.45, 7) is 8.50. The van der Waals surface area contributed by atoms with Gasteiger partial charge in [-0.15, -0.1) is 0 Å². The van der Waals surface area contributed by atoms with E-state index in [1.165, 1.54) is 0 Å². The molecular formula is C11H25NO. The lowest BCUT2D eigenvalue weighted by Crippen LogP contribution is -2.53. The first kappa shape index (κ1) is 12.9. The molecule has 3 atom stereocenters. The summed E-state index contributed by atoms with van der Waals surface area (Å²) < 4.78 is 0. The Morgan fingerprint density at radius 3 is 2.00 bits per heavy atom. The highest BCUT2D eigenvalue weighted by atomic mass is 16.3. The fourth-order valence-corrected chi connectivity index (χ4v) is 1.63. The van der Waals surface area contributed by atoms with E-state index in [4.69, 9.17) is 0 Å². The minimum Gasteiger partial charge on any atom is -0.391 e. The second-order valence-electron chi connectivity index (χ2n) is 4.44. The lowest BCUT2D eigenvalue weighted by atomic mass is 9.82. The SMILES string of the molecule is CCC(C)C(O)C(C)(CC)N(C)C. The molecule has 0 bridgehead atoms. The van der Waals surface area contributed by atoms with Gasteiger partial charge < -0.3 is 10.0 Å². The van der Waals surface area contributed by atoms with Crippen molar-refractivity contribution in [3.8, 4) is 0 Å². The average Bonchev–Trinajstić information content (AvgIpc) is 2.13. The van der Waals surface area contributed by atoms with Gasteiger partial charge in [-0.2, -0.15) is 0 Å². The molecule has 0 aromatic rings. The van der Waals surface area contributed by atoms with E-state index in [-0.39, 0.29) is 11.6 Å². The highest BCUT2D eigenvalue weighted by Crippen LogP contribution is 2.27. The van der Waals surface area contributed by atoms with Crippen LogP contribution in [0.25, 0.3) is 0 Å². The Kier molecular flexibility index (Phi) is 4.93. The Morgan fingerprint density at radius 1 is 1.31 bits per heavy atom. The van der Waals surface area contributed by atoms with E-state index in [0.29, 0.717) is 5.92 Å². The van der Waals surface area contributed by atoms with Crippen LogP contribution in [0.4, 0.5) is 0 Å². The predicted octanol–water partition coefficient (Wildman–Crippen LogP) is 2.12. The van der Waals surface area contributed by atoms with Crippen molar-refractivity contribution in [2.45, 2.75) is 52.2 Å². The van der Waals surface area contributed by atoms with Crippen molar-refractivity contribution in [1.29, 1.82) is 0 Å². The van der Waals surface area contributed by atoms with Gasteiger partial charge >= 0.3 is 0 Å². The Morgan fingerprint density at radius 2 is 1.77 bits per heavy atom. The molecule has 0 rings (SSSR count). The Hall–Kier alpha value is -0.0800. The smallest absolute Gasteiger partial charge is 0.0746 e. The van der Waals surface area contributed by atoms with Crippen LogP contribution in [0.3, 0.4) is 0 Å². The zero-order valence-corrected chi connectivity index (χ0v) is 9.96. The van der Waals surface area contributed by atoms with E-state index < -0.39 is 0 Å². The van der Waals surface area contributed by atoms with Crippen molar-refractivity contribution in [1.82, 2.24) is 4.90 Å². The van der Waals surface area contributed by atoms with Gasteiger partial charge in [-0.3, -0.25) is 0 Å². The predicted molar refractivity (Wildman–Crippen MR) is 57.8 cm³/mol. The molecule has 0 aliphatic carbocycles. The lowest BCUT2D eigenvalue weighted by molar-refractivity contribution is -0.0302. The van der Waals surface area contributed by atoms with Crippen LogP contribution in [-0.2, 0) is 0 Å². The van der Waals surface area contributed by atoms with Gasteiger partial charge in [0.1, 0.15) is 0 Å². The number of likely N-dealkylation sites (N-methyl/N-ethyl adjacent to an activating group) is 1. The molecule has 0 aliphatic rings. The lowest BCUT2D eigenvalue weighted by Gasteiger charge is -2.42. The zero-order valence-electron chi connectivity index (χ0n) is 9.96. The third-order valence-corrected chi connectivity index (χ3v) is 3.56. The van der Waals surface area contributed by atoms with Crippen molar-refractivity contribution < 1.29 is 5.11 Å². The molecule has 1 N–H and O–H groups in total. The molecule has 0 amide bonds. The Labute approximate surface area is 82.9 Å². The van der Waals surface area contributed by atoms with Crippen molar-refractivity contribution in [3.63, 3.8) is 0 Å². The van der Waals surface area contributed by atoms with E-state index in [0.717, 1.165) is 12.8 Å². The summed E-state index contributed by atoms with van der Waals surface area (Å²) in [5.41, 5.74) is -0.0879. The fraction of sp³-hybridized carbons (Fsp3) is 1.00. The second-order valence-corrected chi connectivity index (χ2v) is 4.44. The highest BCUT2D eigenvalue weighted by molar-refractivity contribution is 4.91. The van der Waals surface area contributed by atoms with Gasteiger partial charge in [-0.05, 0) is 33.4 Å². The van der Waals surface area contributed by atoms with Gasteiger partial charge in [0.2, 0.25) is 0 Å². The van der Waals surface area contributed by atoms with Crippen molar-refractivity contribution in [2.24, 2.45) is 5.92 Å². The van der Waals surface area contributed by atoms with E-state index in [1.807, 2.05) is 14.1 Å². The first-order valence-electron chi connectivity index (χ1n) is 5.25. The van der Waals surface area contributed by atoms with Gasteiger partial charge in [0.05, 0.1) is 6.10 Å². The van der Waals surface area contributed by atoms with Crippen LogP contribution >= 0.6 is 0 Å². The summed E-state index contributed by atoms with van der Waals surface area (Å²) in [4.78, 5) is 2.13. The zero-order chi connectivity index (χ0) is 10.6. The van der Waals surface area contributed by atoms with E-state index in [9.17, 15) is 5.11 Å². The standard InChI is InChI=1S/C11H25NO/c1-7-9(3)10(13)11(4,8-2)12(5)6/h9-10,13H,7-8H2,1-6H3. The summed E-state index contributed by atoms with van der Waals surface area (Å²) in [6, 6.07) is 0. The molecule has 0 spiro atoms. The second kappa shape index (κ2) is 4.97. The van der Waals surface area contributed by atoms with Crippen LogP contribution in [0, 0.1) is 5.92 Å². The number of hydrogen-bond acceptors (Lipinski definition) is 2. The van der Waals surface area contributed by atoms with Crippen LogP contribution < -0.4 is 0 Å². The van der Waals surface area contributed by atoms with Gasteiger partial charge in [0.15, 0.2) is 0 Å². The maximum absolute atomic E-state index is 10.2. The van der Waals surface area contributed by atoms with Crippen LogP contribution in [0.2, 0.25) is 0 Å². The molecule has 3 unspecified atom stereocenters. The first-order chi connectivity index (χ1) is 5.90. The summed E-state index contributed by atoms with van der Waals surface area (Å²) in [7, 11) is 4.07. The third-order valence-electron chi connectivity index (χ3n) is 3.56. The topological polar surface area (TPSA) is 23.5 Å². The molecule has 0 aromatic heterocycles. The average molecular weight is 187 g/mol. The van der Waals surface area contributed by atoms with E-state index in [1.54, 1.807) is 0 Å². The molecular weight excluding hydrogens is 162 g/mol. The number of hydrogen-bond donors (Lipinski definition) is 1. The van der Waals surface area contributed by atoms with Crippen LogP contribution in [0.5, 0.6) is 0 Å². The first-order valence-corrected chi connectivity index (χ1v) is 5.25. The molecule has 13 heavy (non-hydrogen) atoms. The van der Waals surface area contributed by atoms with Gasteiger partial charge in [0.25, 0.3) is 0 Å². The third kappa shape index (κ3) is 2.68. The van der Waals surface area contributed by atoms with Gasteiger partial charge in [0, 0.05) is 5.54 Å². The molecule has 0 aliphatic heterocycles. The van der Waals surface area contributed by atoms with Gasteiger partial charge in [-0.1, -0.05) is 27.2 Å². The Balaban J connectivity index is 4.55. The fourth-order valence-electron chi connectivity index (χ4n) is 1.63. The normalized spacial score (nSPS) is 21.2.